The van der Waals surface area contributed by atoms with E-state index < -0.39 is 17.4 Å². The van der Waals surface area contributed by atoms with E-state index in [2.05, 4.69) is 15.2 Å². The van der Waals surface area contributed by atoms with Gasteiger partial charge < -0.3 is 4.74 Å². The molecule has 0 fully saturated rings. The molecule has 0 radical (unpaired) electrons. The van der Waals surface area contributed by atoms with Gasteiger partial charge in [0.15, 0.2) is 0 Å². The quantitative estimate of drug-likeness (QED) is 0.590. The third-order valence-corrected chi connectivity index (χ3v) is 5.42. The van der Waals surface area contributed by atoms with Crippen LogP contribution in [-0.4, -0.2) is 26.9 Å². The minimum Gasteiger partial charge on any atom is -0.495 e. The van der Waals surface area contributed by atoms with Crippen molar-refractivity contribution in [2.75, 3.05) is 7.11 Å². The molecule has 2 aromatic heterocycles. The highest BCUT2D eigenvalue weighted by molar-refractivity contribution is 7.99. The monoisotopic (exact) mass is 458 g/mol. The number of nitrogens with one attached hydrogen (secondary N) is 1. The molecule has 0 amide bonds. The van der Waals surface area contributed by atoms with Crippen LogP contribution in [0.3, 0.4) is 0 Å². The van der Waals surface area contributed by atoms with Gasteiger partial charge in [0.25, 0.3) is 0 Å². The third-order valence-electron chi connectivity index (χ3n) is 4.22. The number of rotatable bonds is 4. The first-order valence-corrected chi connectivity index (χ1v) is 9.88. The van der Waals surface area contributed by atoms with Crippen LogP contribution in [0.25, 0.3) is 5.69 Å². The van der Waals surface area contributed by atoms with Gasteiger partial charge in [-0.1, -0.05) is 32.4 Å². The van der Waals surface area contributed by atoms with Crippen LogP contribution in [0.2, 0.25) is 5.02 Å². The smallest absolute Gasteiger partial charge is 0.417 e. The van der Waals surface area contributed by atoms with Gasteiger partial charge in [0.2, 0.25) is 5.16 Å². The third kappa shape index (κ3) is 4.49. The summed E-state index contributed by atoms with van der Waals surface area (Å²) >= 11 is 7.25. The molecular formula is C19H18ClF3N4O2S. The number of H-pyrrole nitrogens is 1. The molecule has 0 aliphatic carbocycles. The molecule has 0 atom stereocenters. The van der Waals surface area contributed by atoms with Crippen molar-refractivity contribution in [2.45, 2.75) is 42.5 Å². The van der Waals surface area contributed by atoms with Crippen molar-refractivity contribution in [3.8, 4) is 11.4 Å². The Morgan fingerprint density at radius 2 is 1.90 bits per heavy atom. The number of methoxy groups -OCH3 is 1. The maximum absolute atomic E-state index is 12.8. The van der Waals surface area contributed by atoms with E-state index >= 15 is 0 Å². The van der Waals surface area contributed by atoms with Crippen molar-refractivity contribution in [3.63, 3.8) is 0 Å². The molecule has 0 unspecified atom stereocenters. The van der Waals surface area contributed by atoms with Crippen molar-refractivity contribution in [1.82, 2.24) is 19.7 Å². The van der Waals surface area contributed by atoms with Crippen LogP contribution in [0.1, 0.15) is 31.9 Å². The number of aromatic amines is 1. The average molecular weight is 459 g/mol. The highest BCUT2D eigenvalue weighted by atomic mass is 35.5. The molecule has 0 saturated heterocycles. The minimum atomic E-state index is -4.48. The molecule has 0 aliphatic heterocycles. The van der Waals surface area contributed by atoms with Crippen LogP contribution >= 0.6 is 23.4 Å². The molecular weight excluding hydrogens is 441 g/mol. The lowest BCUT2D eigenvalue weighted by Gasteiger charge is -2.24. The van der Waals surface area contributed by atoms with Crippen molar-refractivity contribution < 1.29 is 17.9 Å². The average Bonchev–Trinajstić information content (AvgIpc) is 3.00. The van der Waals surface area contributed by atoms with Gasteiger partial charge in [-0.15, -0.1) is 5.10 Å². The number of hydrogen-bond donors (Lipinski definition) is 1. The highest BCUT2D eigenvalue weighted by Gasteiger charge is 2.31. The molecule has 3 rings (SSSR count). The largest absolute Gasteiger partial charge is 0.495 e. The van der Waals surface area contributed by atoms with Gasteiger partial charge in [-0.3, -0.25) is 0 Å². The van der Waals surface area contributed by atoms with Crippen molar-refractivity contribution in [3.05, 3.63) is 57.1 Å². The molecule has 1 aromatic carbocycles. The molecule has 11 heteroatoms. The molecule has 30 heavy (non-hydrogen) atoms. The maximum atomic E-state index is 12.8. The summed E-state index contributed by atoms with van der Waals surface area (Å²) in [6, 6.07) is 5.50. The Hall–Kier alpha value is -2.46. The zero-order chi connectivity index (χ0) is 22.3. The molecule has 0 saturated carbocycles. The summed E-state index contributed by atoms with van der Waals surface area (Å²) < 4.78 is 44.9. The summed E-state index contributed by atoms with van der Waals surface area (Å²) in [4.78, 5) is 16.4. The highest BCUT2D eigenvalue weighted by Crippen LogP contribution is 2.38. The predicted molar refractivity (Wildman–Crippen MR) is 108 cm³/mol. The number of benzene rings is 1. The maximum Gasteiger partial charge on any atom is 0.417 e. The summed E-state index contributed by atoms with van der Waals surface area (Å²) in [6.45, 7) is 5.90. The van der Waals surface area contributed by atoms with Crippen LogP contribution in [0.4, 0.5) is 13.2 Å². The molecule has 3 aromatic rings. The van der Waals surface area contributed by atoms with Gasteiger partial charge in [-0.05, 0) is 47.0 Å². The second-order valence-electron chi connectivity index (χ2n) is 7.39. The number of aromatic nitrogens is 4. The molecule has 6 nitrogen and oxygen atoms in total. The first-order valence-electron chi connectivity index (χ1n) is 8.68. The van der Waals surface area contributed by atoms with Crippen LogP contribution in [0.5, 0.6) is 5.75 Å². The van der Waals surface area contributed by atoms with Crippen molar-refractivity contribution in [2.24, 2.45) is 0 Å². The Balaban J connectivity index is 2.09. The van der Waals surface area contributed by atoms with E-state index in [1.807, 2.05) is 20.8 Å². The van der Waals surface area contributed by atoms with E-state index in [4.69, 9.17) is 16.3 Å². The van der Waals surface area contributed by atoms with E-state index in [9.17, 15) is 18.0 Å². The molecule has 160 valence electrons. The van der Waals surface area contributed by atoms with Gasteiger partial charge in [-0.2, -0.15) is 13.2 Å². The second kappa shape index (κ2) is 7.99. The lowest BCUT2D eigenvalue weighted by Crippen LogP contribution is -2.22. The Morgan fingerprint density at radius 1 is 1.20 bits per heavy atom. The molecule has 0 spiro atoms. The lowest BCUT2D eigenvalue weighted by atomic mass is 9.85. The fourth-order valence-corrected chi connectivity index (χ4v) is 3.78. The van der Waals surface area contributed by atoms with Crippen LogP contribution in [0.15, 0.2) is 45.4 Å². The Labute approximate surface area is 179 Å². The number of ether oxygens (including phenoxy) is 1. The fraction of sp³-hybridized carbons (Fsp3) is 0.316. The summed E-state index contributed by atoms with van der Waals surface area (Å²) in [5.74, 6) is 0.459. The summed E-state index contributed by atoms with van der Waals surface area (Å²) in [5.41, 5.74) is -0.492. The Morgan fingerprint density at radius 3 is 2.43 bits per heavy atom. The number of alkyl halides is 3. The van der Waals surface area contributed by atoms with Gasteiger partial charge in [0.1, 0.15) is 10.8 Å². The van der Waals surface area contributed by atoms with Crippen LogP contribution < -0.4 is 10.4 Å². The lowest BCUT2D eigenvalue weighted by molar-refractivity contribution is -0.137. The summed E-state index contributed by atoms with van der Waals surface area (Å²) in [6.07, 6.45) is -3.74. The van der Waals surface area contributed by atoms with Crippen LogP contribution in [0, 0.1) is 0 Å². The molecule has 2 heterocycles. The predicted octanol–water partition coefficient (Wildman–Crippen LogP) is 5.09. The molecule has 1 N–H and O–H groups in total. The SMILES string of the molecule is COc1cc(C(C)(C)C)c(-n2c(Sc3ccc(C(F)(F)F)cn3)n[nH]c2=O)cc1Cl. The van der Waals surface area contributed by atoms with Gasteiger partial charge in [0.05, 0.1) is 23.4 Å². The standard InChI is InChI=1S/C19H18ClF3N4O2S/c1-18(2,3)11-7-14(29-4)12(20)8-13(11)27-16(28)25-26-17(27)30-15-6-5-10(9-24-15)19(21,22)23/h5-9H,1-4H3,(H,25,28). The van der Waals surface area contributed by atoms with Crippen molar-refractivity contribution in [1.29, 1.82) is 0 Å². The number of halogens is 4. The first-order chi connectivity index (χ1) is 13.9. The van der Waals surface area contributed by atoms with Gasteiger partial charge >= 0.3 is 11.9 Å². The molecule has 0 aliphatic rings. The van der Waals surface area contributed by atoms with Crippen molar-refractivity contribution >= 4 is 23.4 Å². The zero-order valence-corrected chi connectivity index (χ0v) is 18.0. The number of pyridine rings is 1. The van der Waals surface area contributed by atoms with E-state index in [1.54, 1.807) is 12.1 Å². The normalized spacial score (nSPS) is 12.3. The minimum absolute atomic E-state index is 0.207. The molecule has 0 bridgehead atoms. The number of hydrogen-bond acceptors (Lipinski definition) is 5. The summed E-state index contributed by atoms with van der Waals surface area (Å²) in [7, 11) is 1.49. The van der Waals surface area contributed by atoms with E-state index in [1.165, 1.54) is 17.7 Å². The topological polar surface area (TPSA) is 72.8 Å². The Bertz CT molecular complexity index is 1120. The summed E-state index contributed by atoms with van der Waals surface area (Å²) in [5, 5.41) is 7.14. The van der Waals surface area contributed by atoms with Crippen LogP contribution in [-0.2, 0) is 11.6 Å². The zero-order valence-electron chi connectivity index (χ0n) is 16.5. The Kier molecular flexibility index (Phi) is 5.92. The van der Waals surface area contributed by atoms with E-state index in [0.717, 1.165) is 29.6 Å². The van der Waals surface area contributed by atoms with Gasteiger partial charge in [-0.25, -0.2) is 19.4 Å². The fourth-order valence-electron chi connectivity index (χ4n) is 2.75. The van der Waals surface area contributed by atoms with Gasteiger partial charge in [0, 0.05) is 6.20 Å². The second-order valence-corrected chi connectivity index (χ2v) is 8.78. The number of nitrogens with zero attached hydrogens (tertiary/aromatic N) is 3. The van der Waals surface area contributed by atoms with E-state index in [-0.39, 0.29) is 15.6 Å². The van der Waals surface area contributed by atoms with E-state index in [0.29, 0.717) is 16.5 Å². The first kappa shape index (κ1) is 22.2.